The smallest absolute Gasteiger partial charge is 0.252 e. The third-order valence-corrected chi connectivity index (χ3v) is 4.62. The van der Waals surface area contributed by atoms with Crippen LogP contribution >= 0.6 is 0 Å². The minimum absolute atomic E-state index is 0.155. The van der Waals surface area contributed by atoms with Crippen molar-refractivity contribution in [2.75, 3.05) is 31.1 Å². The summed E-state index contributed by atoms with van der Waals surface area (Å²) in [6.07, 6.45) is 5.69. The first kappa shape index (κ1) is 16.0. The summed E-state index contributed by atoms with van der Waals surface area (Å²) in [5, 5.41) is 9.48. The Morgan fingerprint density at radius 3 is 3.04 bits per heavy atom. The number of nitrogens with zero attached hydrogens (tertiary/aromatic N) is 5. The highest BCUT2D eigenvalue weighted by molar-refractivity contribution is 5.81. The van der Waals surface area contributed by atoms with Gasteiger partial charge in [-0.3, -0.25) is 4.90 Å². The second-order valence-electron chi connectivity index (χ2n) is 6.30. The van der Waals surface area contributed by atoms with Crippen molar-refractivity contribution in [1.82, 2.24) is 19.9 Å². The number of aryl methyl sites for hydroxylation is 1. The van der Waals surface area contributed by atoms with Crippen LogP contribution in [0.5, 0.6) is 0 Å². The Kier molecular flexibility index (Phi) is 4.37. The molecule has 0 unspecified atom stereocenters. The number of aromatic nitrogens is 3. The number of oxazole rings is 1. The van der Waals surface area contributed by atoms with E-state index in [2.05, 4.69) is 24.8 Å². The van der Waals surface area contributed by atoms with E-state index in [0.717, 1.165) is 37.6 Å². The van der Waals surface area contributed by atoms with Gasteiger partial charge in [0.25, 0.3) is 5.71 Å². The SMILES string of the molecule is Cc1nc2c(N3CCN(Cc4ccoc4)[C@H](CCO)C3)ncnc2o1. The fourth-order valence-corrected chi connectivity index (χ4v) is 3.41. The van der Waals surface area contributed by atoms with Crippen LogP contribution in [-0.2, 0) is 6.54 Å². The Labute approximate surface area is 145 Å². The van der Waals surface area contributed by atoms with Crippen LogP contribution in [0.3, 0.4) is 0 Å². The maximum absolute atomic E-state index is 9.48. The maximum atomic E-state index is 9.48. The Morgan fingerprint density at radius 1 is 1.32 bits per heavy atom. The summed E-state index contributed by atoms with van der Waals surface area (Å²) in [4.78, 5) is 17.6. The van der Waals surface area contributed by atoms with E-state index in [9.17, 15) is 5.11 Å². The topological polar surface area (TPSA) is 91.7 Å². The van der Waals surface area contributed by atoms with Gasteiger partial charge in [-0.15, -0.1) is 0 Å². The number of rotatable bonds is 5. The number of aliphatic hydroxyl groups excluding tert-OH is 1. The van der Waals surface area contributed by atoms with Crippen molar-refractivity contribution in [3.05, 3.63) is 36.4 Å². The summed E-state index contributed by atoms with van der Waals surface area (Å²) >= 11 is 0. The Morgan fingerprint density at radius 2 is 2.24 bits per heavy atom. The monoisotopic (exact) mass is 343 g/mol. The molecular formula is C17H21N5O3. The van der Waals surface area contributed by atoms with Crippen LogP contribution in [0.25, 0.3) is 11.2 Å². The minimum atomic E-state index is 0.155. The Balaban J connectivity index is 1.56. The van der Waals surface area contributed by atoms with Gasteiger partial charge in [-0.2, -0.15) is 4.98 Å². The first-order chi connectivity index (χ1) is 12.2. The number of hydrogen-bond acceptors (Lipinski definition) is 8. The van der Waals surface area contributed by atoms with Crippen molar-refractivity contribution in [1.29, 1.82) is 0 Å². The van der Waals surface area contributed by atoms with Gasteiger partial charge in [0.1, 0.15) is 6.33 Å². The molecule has 3 aromatic rings. The van der Waals surface area contributed by atoms with Gasteiger partial charge >= 0.3 is 0 Å². The van der Waals surface area contributed by atoms with E-state index in [1.165, 1.54) is 6.33 Å². The maximum Gasteiger partial charge on any atom is 0.252 e. The third kappa shape index (κ3) is 3.22. The highest BCUT2D eigenvalue weighted by atomic mass is 16.4. The quantitative estimate of drug-likeness (QED) is 0.747. The van der Waals surface area contributed by atoms with Crippen molar-refractivity contribution in [2.24, 2.45) is 0 Å². The summed E-state index contributed by atoms with van der Waals surface area (Å²) in [6.45, 7) is 5.26. The third-order valence-electron chi connectivity index (χ3n) is 4.62. The molecule has 8 heteroatoms. The molecule has 1 aliphatic heterocycles. The molecule has 132 valence electrons. The number of furan rings is 1. The van der Waals surface area contributed by atoms with Crippen molar-refractivity contribution in [3.8, 4) is 0 Å². The Hall–Kier alpha value is -2.45. The van der Waals surface area contributed by atoms with Crippen LogP contribution in [0.4, 0.5) is 5.82 Å². The molecule has 4 rings (SSSR count). The molecule has 1 atom stereocenters. The number of piperazine rings is 1. The van der Waals surface area contributed by atoms with Gasteiger partial charge in [0.05, 0.1) is 12.5 Å². The van der Waals surface area contributed by atoms with Gasteiger partial charge < -0.3 is 18.8 Å². The first-order valence-corrected chi connectivity index (χ1v) is 8.43. The normalized spacial score (nSPS) is 19.0. The molecule has 1 N–H and O–H groups in total. The fraction of sp³-hybridized carbons (Fsp3) is 0.471. The predicted octanol–water partition coefficient (Wildman–Crippen LogP) is 1.59. The van der Waals surface area contributed by atoms with Crippen LogP contribution in [0.1, 0.15) is 17.9 Å². The van der Waals surface area contributed by atoms with Gasteiger partial charge in [-0.25, -0.2) is 9.97 Å². The van der Waals surface area contributed by atoms with E-state index in [1.54, 1.807) is 12.5 Å². The van der Waals surface area contributed by atoms with Gasteiger partial charge in [0.15, 0.2) is 17.2 Å². The number of hydrogen-bond donors (Lipinski definition) is 1. The molecule has 1 aliphatic rings. The van der Waals surface area contributed by atoms with E-state index in [4.69, 9.17) is 8.83 Å². The van der Waals surface area contributed by atoms with Crippen molar-refractivity contribution >= 4 is 17.0 Å². The molecule has 0 aliphatic carbocycles. The zero-order chi connectivity index (χ0) is 17.2. The van der Waals surface area contributed by atoms with E-state index in [1.807, 2.05) is 13.0 Å². The molecule has 0 spiro atoms. The highest BCUT2D eigenvalue weighted by Gasteiger charge is 2.29. The molecule has 0 amide bonds. The second-order valence-corrected chi connectivity index (χ2v) is 6.30. The second kappa shape index (κ2) is 6.81. The lowest BCUT2D eigenvalue weighted by Gasteiger charge is -2.41. The van der Waals surface area contributed by atoms with Crippen LogP contribution in [0.2, 0.25) is 0 Å². The summed E-state index contributed by atoms with van der Waals surface area (Å²) in [5.74, 6) is 1.38. The van der Waals surface area contributed by atoms with Crippen molar-refractivity contribution < 1.29 is 13.9 Å². The van der Waals surface area contributed by atoms with E-state index in [-0.39, 0.29) is 12.6 Å². The van der Waals surface area contributed by atoms with Gasteiger partial charge in [0, 0.05) is 51.3 Å². The molecule has 1 fully saturated rings. The minimum Gasteiger partial charge on any atom is -0.472 e. The molecule has 0 aromatic carbocycles. The van der Waals surface area contributed by atoms with Gasteiger partial charge in [-0.05, 0) is 12.5 Å². The standard InChI is InChI=1S/C17H21N5O3/c1-12-20-15-16(18-11-19-17(15)25-12)22-5-4-21(14(9-22)2-6-23)8-13-3-7-24-10-13/h3,7,10-11,14,23H,2,4-6,8-9H2,1H3/t14-/m1/s1. The molecule has 0 bridgehead atoms. The van der Waals surface area contributed by atoms with Gasteiger partial charge in [-0.1, -0.05) is 0 Å². The predicted molar refractivity (Wildman–Crippen MR) is 91.2 cm³/mol. The molecule has 4 heterocycles. The Bertz CT molecular complexity index is 832. The van der Waals surface area contributed by atoms with E-state index in [0.29, 0.717) is 23.5 Å². The zero-order valence-corrected chi connectivity index (χ0v) is 14.1. The van der Waals surface area contributed by atoms with Crippen molar-refractivity contribution in [3.63, 3.8) is 0 Å². The zero-order valence-electron chi connectivity index (χ0n) is 14.1. The lowest BCUT2D eigenvalue weighted by molar-refractivity contribution is 0.135. The van der Waals surface area contributed by atoms with E-state index < -0.39 is 0 Å². The molecule has 8 nitrogen and oxygen atoms in total. The number of anilines is 1. The molecular weight excluding hydrogens is 322 g/mol. The molecule has 3 aromatic heterocycles. The first-order valence-electron chi connectivity index (χ1n) is 8.43. The number of fused-ring (bicyclic) bond motifs is 1. The lowest BCUT2D eigenvalue weighted by atomic mass is 10.1. The molecule has 0 saturated carbocycles. The van der Waals surface area contributed by atoms with Crippen LogP contribution in [-0.4, -0.2) is 57.2 Å². The summed E-state index contributed by atoms with van der Waals surface area (Å²) in [6, 6.07) is 2.21. The largest absolute Gasteiger partial charge is 0.472 e. The van der Waals surface area contributed by atoms with Crippen LogP contribution in [0, 0.1) is 6.92 Å². The van der Waals surface area contributed by atoms with Crippen LogP contribution < -0.4 is 4.90 Å². The number of aliphatic hydroxyl groups is 1. The average Bonchev–Trinajstić information content (AvgIpc) is 3.24. The van der Waals surface area contributed by atoms with Crippen LogP contribution in [0.15, 0.2) is 33.8 Å². The fourth-order valence-electron chi connectivity index (χ4n) is 3.41. The summed E-state index contributed by atoms with van der Waals surface area (Å²) < 4.78 is 10.7. The molecule has 1 saturated heterocycles. The highest BCUT2D eigenvalue weighted by Crippen LogP contribution is 2.26. The average molecular weight is 343 g/mol. The lowest BCUT2D eigenvalue weighted by Crippen LogP contribution is -2.53. The molecule has 0 radical (unpaired) electrons. The van der Waals surface area contributed by atoms with Crippen molar-refractivity contribution in [2.45, 2.75) is 25.9 Å². The van der Waals surface area contributed by atoms with E-state index >= 15 is 0 Å². The van der Waals surface area contributed by atoms with Gasteiger partial charge in [0.2, 0.25) is 0 Å². The summed E-state index contributed by atoms with van der Waals surface area (Å²) in [7, 11) is 0. The molecule has 25 heavy (non-hydrogen) atoms. The summed E-state index contributed by atoms with van der Waals surface area (Å²) in [5.41, 5.74) is 2.36.